The van der Waals surface area contributed by atoms with Gasteiger partial charge in [-0.1, -0.05) is 35.9 Å². The van der Waals surface area contributed by atoms with Gasteiger partial charge in [-0.05, 0) is 55.2 Å². The number of carbonyl (C=O) groups excluding carboxylic acids is 2. The number of aromatic hydroxyl groups is 1. The summed E-state index contributed by atoms with van der Waals surface area (Å²) >= 11 is 6.13. The topological polar surface area (TPSA) is 79.9 Å². The smallest absolute Gasteiger partial charge is 0.328 e. The van der Waals surface area contributed by atoms with Crippen molar-refractivity contribution in [1.82, 2.24) is 19.7 Å². The van der Waals surface area contributed by atoms with E-state index in [1.165, 1.54) is 11.0 Å². The van der Waals surface area contributed by atoms with Gasteiger partial charge in [0.25, 0.3) is 5.91 Å². The number of hydrogen-bond donors (Lipinski definition) is 2. The first kappa shape index (κ1) is 24.0. The van der Waals surface area contributed by atoms with Gasteiger partial charge in [0.15, 0.2) is 0 Å². The van der Waals surface area contributed by atoms with Crippen molar-refractivity contribution in [3.63, 3.8) is 0 Å². The quantitative estimate of drug-likeness (QED) is 0.365. The zero-order chi connectivity index (χ0) is 25.9. The number of urea groups is 1. The molecule has 192 valence electrons. The number of fused-ring (bicyclic) bond motifs is 4. The summed E-state index contributed by atoms with van der Waals surface area (Å²) in [5.41, 5.74) is 1.60. The zero-order valence-electron chi connectivity index (χ0n) is 20.5. The predicted molar refractivity (Wildman–Crippen MR) is 139 cm³/mol. The Morgan fingerprint density at radius 3 is 2.78 bits per heavy atom. The molecular formula is C28H28ClFN4O3. The van der Waals surface area contributed by atoms with Gasteiger partial charge in [0.05, 0.1) is 5.02 Å². The number of nitrogens with zero attached hydrogens (tertiary/aromatic N) is 3. The van der Waals surface area contributed by atoms with Gasteiger partial charge in [0, 0.05) is 49.2 Å². The van der Waals surface area contributed by atoms with Crippen molar-refractivity contribution in [3.05, 3.63) is 76.2 Å². The van der Waals surface area contributed by atoms with Crippen molar-refractivity contribution in [1.29, 1.82) is 0 Å². The van der Waals surface area contributed by atoms with Crippen LogP contribution in [0, 0.1) is 5.82 Å². The monoisotopic (exact) mass is 522 g/mol. The van der Waals surface area contributed by atoms with Gasteiger partial charge in [-0.25, -0.2) is 9.18 Å². The summed E-state index contributed by atoms with van der Waals surface area (Å²) in [7, 11) is 0. The van der Waals surface area contributed by atoms with Crippen LogP contribution in [0.1, 0.15) is 42.6 Å². The van der Waals surface area contributed by atoms with Crippen molar-refractivity contribution >= 4 is 34.4 Å². The van der Waals surface area contributed by atoms with Crippen LogP contribution >= 0.6 is 11.6 Å². The van der Waals surface area contributed by atoms with E-state index in [9.17, 15) is 19.1 Å². The molecule has 37 heavy (non-hydrogen) atoms. The van der Waals surface area contributed by atoms with E-state index >= 15 is 0 Å². The molecule has 1 fully saturated rings. The van der Waals surface area contributed by atoms with Crippen LogP contribution in [0.2, 0.25) is 5.02 Å². The fraction of sp³-hybridized carbons (Fsp3) is 0.357. The Balaban J connectivity index is 1.41. The summed E-state index contributed by atoms with van der Waals surface area (Å²) < 4.78 is 14.3. The summed E-state index contributed by atoms with van der Waals surface area (Å²) in [6, 6.07) is 8.60. The molecule has 3 aliphatic heterocycles. The number of rotatable bonds is 5. The molecule has 0 spiro atoms. The number of nitrogens with one attached hydrogen (secondary N) is 1. The Bertz CT molecular complexity index is 1450. The molecule has 9 heteroatoms. The highest BCUT2D eigenvalue weighted by Crippen LogP contribution is 2.49. The second-order valence-electron chi connectivity index (χ2n) is 10.3. The predicted octanol–water partition coefficient (Wildman–Crippen LogP) is 4.99. The lowest BCUT2D eigenvalue weighted by Crippen LogP contribution is -2.53. The Morgan fingerprint density at radius 1 is 1.19 bits per heavy atom. The van der Waals surface area contributed by atoms with Crippen LogP contribution in [0.4, 0.5) is 9.18 Å². The van der Waals surface area contributed by atoms with E-state index < -0.39 is 17.4 Å². The fourth-order valence-electron chi connectivity index (χ4n) is 6.09. The molecule has 0 unspecified atom stereocenters. The minimum Gasteiger partial charge on any atom is -0.508 e. The van der Waals surface area contributed by atoms with E-state index in [-0.39, 0.29) is 29.1 Å². The molecule has 2 atom stereocenters. The van der Waals surface area contributed by atoms with Gasteiger partial charge in [0.2, 0.25) is 0 Å². The van der Waals surface area contributed by atoms with Gasteiger partial charge in [-0.2, -0.15) is 0 Å². The molecule has 3 aromatic rings. The number of H-pyrrole nitrogens is 1. The number of aromatic amines is 1. The van der Waals surface area contributed by atoms with E-state index in [1.54, 1.807) is 36.1 Å². The molecule has 0 saturated carbocycles. The van der Waals surface area contributed by atoms with Crippen LogP contribution in [0.3, 0.4) is 0 Å². The third kappa shape index (κ3) is 3.81. The molecular weight excluding hydrogens is 495 g/mol. The van der Waals surface area contributed by atoms with Gasteiger partial charge in [-0.3, -0.25) is 19.5 Å². The van der Waals surface area contributed by atoms with Crippen LogP contribution in [0.5, 0.6) is 5.75 Å². The molecule has 1 aromatic heterocycles. The van der Waals surface area contributed by atoms with Gasteiger partial charge >= 0.3 is 6.03 Å². The van der Waals surface area contributed by atoms with Crippen LogP contribution < -0.4 is 0 Å². The minimum absolute atomic E-state index is 0.00111. The Morgan fingerprint density at radius 2 is 2.03 bits per heavy atom. The van der Waals surface area contributed by atoms with Gasteiger partial charge in [-0.15, -0.1) is 0 Å². The molecule has 2 N–H and O–H groups in total. The van der Waals surface area contributed by atoms with Crippen molar-refractivity contribution in [2.45, 2.75) is 37.8 Å². The van der Waals surface area contributed by atoms with E-state index in [0.717, 1.165) is 37.0 Å². The maximum absolute atomic E-state index is 14.3. The second-order valence-corrected chi connectivity index (χ2v) is 10.7. The molecule has 6 rings (SSSR count). The molecule has 4 heterocycles. The van der Waals surface area contributed by atoms with Gasteiger partial charge in [0.1, 0.15) is 23.1 Å². The minimum atomic E-state index is -1.13. The average molecular weight is 523 g/mol. The largest absolute Gasteiger partial charge is 0.508 e. The number of amides is 3. The van der Waals surface area contributed by atoms with Crippen LogP contribution in [0.15, 0.2) is 48.6 Å². The van der Waals surface area contributed by atoms with E-state index in [0.29, 0.717) is 29.7 Å². The molecule has 1 saturated heterocycles. The Hall–Kier alpha value is -3.36. The summed E-state index contributed by atoms with van der Waals surface area (Å²) in [4.78, 5) is 36.4. The van der Waals surface area contributed by atoms with Crippen molar-refractivity contribution < 1.29 is 19.1 Å². The Labute approximate surface area is 219 Å². The highest BCUT2D eigenvalue weighted by Gasteiger charge is 2.60. The third-order valence-electron chi connectivity index (χ3n) is 7.89. The highest BCUT2D eigenvalue weighted by atomic mass is 35.5. The number of imide groups is 1. The first-order valence-corrected chi connectivity index (χ1v) is 13.0. The number of halogens is 2. The van der Waals surface area contributed by atoms with E-state index in [2.05, 4.69) is 22.0 Å². The first-order valence-electron chi connectivity index (χ1n) is 12.6. The molecule has 0 radical (unpaired) electrons. The third-order valence-corrected chi connectivity index (χ3v) is 8.18. The van der Waals surface area contributed by atoms with Crippen LogP contribution in [0.25, 0.3) is 10.9 Å². The zero-order valence-corrected chi connectivity index (χ0v) is 21.3. The number of aromatic nitrogens is 1. The standard InChI is InChI=1S/C28H28ClFN4O3/c1-28-16-20-19-14-21(29)22(30)15-23(19)31-24(20)25(17-7-5-8-18(35)13-17)34(28)27(37)33(26(28)36)12-6-11-32-9-3-2-4-10-32/h2-3,5,7-8,13-15,25,31,35H,4,6,9-12,16H2,1H3/t25-,28+/m1/s1. The Kier molecular flexibility index (Phi) is 5.76. The van der Waals surface area contributed by atoms with Crippen molar-refractivity contribution in [3.8, 4) is 5.75 Å². The molecule has 2 aromatic carbocycles. The lowest BCUT2D eigenvalue weighted by Gasteiger charge is -2.42. The fourth-order valence-corrected chi connectivity index (χ4v) is 6.26. The maximum atomic E-state index is 14.3. The van der Waals surface area contributed by atoms with E-state index in [4.69, 9.17) is 11.6 Å². The summed E-state index contributed by atoms with van der Waals surface area (Å²) in [6.45, 7) is 4.80. The van der Waals surface area contributed by atoms with Crippen LogP contribution in [-0.4, -0.2) is 68.4 Å². The molecule has 7 nitrogen and oxygen atoms in total. The molecule has 0 bridgehead atoms. The number of phenolic OH excluding ortho intramolecular Hbond substituents is 1. The van der Waals surface area contributed by atoms with E-state index in [1.807, 2.05) is 6.07 Å². The lowest BCUT2D eigenvalue weighted by molar-refractivity contribution is -0.133. The highest BCUT2D eigenvalue weighted by molar-refractivity contribution is 6.31. The first-order chi connectivity index (χ1) is 17.8. The lowest BCUT2D eigenvalue weighted by atomic mass is 9.81. The number of benzene rings is 2. The molecule has 3 amide bonds. The summed E-state index contributed by atoms with van der Waals surface area (Å²) in [5, 5.41) is 11.0. The average Bonchev–Trinajstić information content (AvgIpc) is 3.30. The molecule has 0 aliphatic carbocycles. The molecule has 3 aliphatic rings. The normalized spacial score (nSPS) is 23.7. The SMILES string of the molecule is C[C@@]12Cc3c([nH]c4cc(F)c(Cl)cc34)[C@@H](c3cccc(O)c3)N1C(=O)N(CCCN1CC=CCC1)C2=O. The number of carbonyl (C=O) groups is 2. The maximum Gasteiger partial charge on any atom is 0.328 e. The summed E-state index contributed by atoms with van der Waals surface area (Å²) in [6.07, 6.45) is 6.29. The van der Waals surface area contributed by atoms with Gasteiger partial charge < -0.3 is 10.1 Å². The van der Waals surface area contributed by atoms with Crippen LogP contribution in [-0.2, 0) is 11.2 Å². The number of hydrogen-bond acceptors (Lipinski definition) is 4. The summed E-state index contributed by atoms with van der Waals surface area (Å²) in [5.74, 6) is -0.729. The second kappa shape index (κ2) is 8.89. The number of phenols is 1. The van der Waals surface area contributed by atoms with Crippen molar-refractivity contribution in [2.75, 3.05) is 26.2 Å². The van der Waals surface area contributed by atoms with Crippen molar-refractivity contribution in [2.24, 2.45) is 0 Å².